The number of piperidine rings is 1. The number of fused-ring (bicyclic) bond motifs is 2. The topological polar surface area (TPSA) is 113 Å². The normalized spacial score (nSPS) is 14.5. The van der Waals surface area contributed by atoms with Crippen molar-refractivity contribution in [3.8, 4) is 11.1 Å². The van der Waals surface area contributed by atoms with Gasteiger partial charge in [0.05, 0.1) is 23.6 Å². The smallest absolute Gasteiger partial charge is 0.404 e. The van der Waals surface area contributed by atoms with Crippen LogP contribution < -0.4 is 10.2 Å². The van der Waals surface area contributed by atoms with Crippen molar-refractivity contribution < 1.29 is 9.90 Å². The summed E-state index contributed by atoms with van der Waals surface area (Å²) in [4.78, 5) is 18.9. The van der Waals surface area contributed by atoms with E-state index in [1.807, 2.05) is 54.4 Å². The Morgan fingerprint density at radius 2 is 1.92 bits per heavy atom. The number of nitrogens with zero attached hydrogens (tertiary/aromatic N) is 7. The van der Waals surface area contributed by atoms with Crippen LogP contribution in [0.25, 0.3) is 27.7 Å². The summed E-state index contributed by atoms with van der Waals surface area (Å²) < 4.78 is 3.79. The minimum Gasteiger partial charge on any atom is -0.465 e. The fraction of sp³-hybridized carbons (Fsp3) is 0.240. The molecule has 182 valence electrons. The van der Waals surface area contributed by atoms with Crippen molar-refractivity contribution in [2.45, 2.75) is 28.9 Å². The molecule has 0 spiro atoms. The van der Waals surface area contributed by atoms with Crippen LogP contribution in [-0.2, 0) is 7.05 Å². The highest BCUT2D eigenvalue weighted by atomic mass is 32.2. The van der Waals surface area contributed by atoms with E-state index in [0.717, 1.165) is 69.3 Å². The van der Waals surface area contributed by atoms with Gasteiger partial charge in [0.2, 0.25) is 0 Å². The second kappa shape index (κ2) is 9.15. The fourth-order valence-electron chi connectivity index (χ4n) is 4.58. The second-order valence-corrected chi connectivity index (χ2v) is 9.93. The summed E-state index contributed by atoms with van der Waals surface area (Å²) in [5.41, 5.74) is 4.85. The van der Waals surface area contributed by atoms with E-state index in [9.17, 15) is 4.79 Å². The number of pyridine rings is 2. The van der Waals surface area contributed by atoms with Crippen molar-refractivity contribution in [3.05, 3.63) is 61.2 Å². The van der Waals surface area contributed by atoms with E-state index < -0.39 is 6.09 Å². The van der Waals surface area contributed by atoms with E-state index in [1.54, 1.807) is 16.4 Å². The summed E-state index contributed by atoms with van der Waals surface area (Å²) in [5.74, 6) is 0. The minimum atomic E-state index is -0.959. The lowest BCUT2D eigenvalue weighted by atomic mass is 10.0. The fourth-order valence-corrected chi connectivity index (χ4v) is 5.44. The number of aromatic nitrogens is 6. The van der Waals surface area contributed by atoms with Crippen molar-refractivity contribution >= 4 is 40.1 Å². The zero-order valence-electron chi connectivity index (χ0n) is 19.6. The SMILES string of the molecule is Cn1cc(-c2ccc3nnc(Sc4ccc5ncc(N6CCC(NC(=O)O)CC6)cc5c4)n3c2)cn1. The molecule has 0 unspecified atom stereocenters. The van der Waals surface area contributed by atoms with Gasteiger partial charge in [-0.05, 0) is 61.0 Å². The lowest BCUT2D eigenvalue weighted by Crippen LogP contribution is -2.44. The van der Waals surface area contributed by atoms with Gasteiger partial charge in [-0.15, -0.1) is 10.2 Å². The number of nitrogens with one attached hydrogen (secondary N) is 1. The predicted octanol–water partition coefficient (Wildman–Crippen LogP) is 4.07. The van der Waals surface area contributed by atoms with Gasteiger partial charge in [0.15, 0.2) is 10.8 Å². The Hall–Kier alpha value is -4.12. The highest BCUT2D eigenvalue weighted by Gasteiger charge is 2.21. The zero-order chi connectivity index (χ0) is 24.6. The molecule has 36 heavy (non-hydrogen) atoms. The average molecular weight is 501 g/mol. The summed E-state index contributed by atoms with van der Waals surface area (Å²) in [7, 11) is 1.90. The number of anilines is 1. The van der Waals surface area contributed by atoms with Crippen molar-refractivity contribution in [1.82, 2.24) is 34.7 Å². The molecule has 5 aromatic rings. The van der Waals surface area contributed by atoms with E-state index >= 15 is 0 Å². The van der Waals surface area contributed by atoms with Gasteiger partial charge in [-0.2, -0.15) is 5.10 Å². The Balaban J connectivity index is 1.24. The van der Waals surface area contributed by atoms with Gasteiger partial charge in [0.25, 0.3) is 0 Å². The lowest BCUT2D eigenvalue weighted by molar-refractivity contribution is 0.187. The highest BCUT2D eigenvalue weighted by molar-refractivity contribution is 7.99. The van der Waals surface area contributed by atoms with Crippen LogP contribution in [0.5, 0.6) is 0 Å². The summed E-state index contributed by atoms with van der Waals surface area (Å²) in [6.45, 7) is 1.58. The van der Waals surface area contributed by atoms with Crippen LogP contribution >= 0.6 is 11.8 Å². The minimum absolute atomic E-state index is 0.00631. The standard InChI is InChI=1S/C25H24N8O2S/c1-31-14-18(12-27-31)16-2-5-23-29-30-24(33(23)15-16)36-21-3-4-22-17(11-21)10-20(13-26-22)32-8-6-19(7-9-32)28-25(34)35/h2-5,10-15,19,28H,6-9H2,1H3,(H,34,35). The van der Waals surface area contributed by atoms with E-state index in [1.165, 1.54) is 0 Å². The second-order valence-electron chi connectivity index (χ2n) is 8.89. The molecule has 1 amide bonds. The Bertz CT molecular complexity index is 1570. The molecule has 1 fully saturated rings. The number of amides is 1. The molecule has 10 nitrogen and oxygen atoms in total. The van der Waals surface area contributed by atoms with Gasteiger partial charge in [-0.3, -0.25) is 14.1 Å². The molecule has 0 saturated carbocycles. The van der Waals surface area contributed by atoms with Crippen molar-refractivity contribution in [2.75, 3.05) is 18.0 Å². The van der Waals surface area contributed by atoms with Crippen LogP contribution in [0.1, 0.15) is 12.8 Å². The first-order chi connectivity index (χ1) is 17.5. The van der Waals surface area contributed by atoms with E-state index in [-0.39, 0.29) is 6.04 Å². The molecule has 11 heteroatoms. The Morgan fingerprint density at radius 1 is 1.06 bits per heavy atom. The zero-order valence-corrected chi connectivity index (χ0v) is 20.4. The van der Waals surface area contributed by atoms with Crippen molar-refractivity contribution in [2.24, 2.45) is 7.05 Å². The number of hydrogen-bond donors (Lipinski definition) is 2. The first-order valence-electron chi connectivity index (χ1n) is 11.7. The maximum absolute atomic E-state index is 10.9. The molecule has 1 aliphatic rings. The van der Waals surface area contributed by atoms with Crippen LogP contribution in [0.2, 0.25) is 0 Å². The van der Waals surface area contributed by atoms with E-state index in [0.29, 0.717) is 0 Å². The molecule has 1 aliphatic heterocycles. The van der Waals surface area contributed by atoms with E-state index in [4.69, 9.17) is 5.11 Å². The molecular weight excluding hydrogens is 476 g/mol. The molecule has 4 aromatic heterocycles. The molecule has 1 saturated heterocycles. The van der Waals surface area contributed by atoms with Gasteiger partial charge < -0.3 is 15.3 Å². The third-order valence-electron chi connectivity index (χ3n) is 6.44. The number of carbonyl (C=O) groups is 1. The van der Waals surface area contributed by atoms with Gasteiger partial charge in [0, 0.05) is 60.0 Å². The van der Waals surface area contributed by atoms with Crippen LogP contribution in [0.3, 0.4) is 0 Å². The quantitative estimate of drug-likeness (QED) is 0.371. The molecule has 6 rings (SSSR count). The Morgan fingerprint density at radius 3 is 2.69 bits per heavy atom. The van der Waals surface area contributed by atoms with Gasteiger partial charge >= 0.3 is 6.09 Å². The highest BCUT2D eigenvalue weighted by Crippen LogP contribution is 2.31. The van der Waals surface area contributed by atoms with Crippen LogP contribution in [0.15, 0.2) is 71.2 Å². The molecule has 0 radical (unpaired) electrons. The predicted molar refractivity (Wildman–Crippen MR) is 137 cm³/mol. The molecule has 0 atom stereocenters. The number of benzene rings is 1. The van der Waals surface area contributed by atoms with Crippen LogP contribution in [0.4, 0.5) is 10.5 Å². The third kappa shape index (κ3) is 4.44. The van der Waals surface area contributed by atoms with E-state index in [2.05, 4.69) is 48.7 Å². The molecule has 2 N–H and O–H groups in total. The van der Waals surface area contributed by atoms with Crippen LogP contribution in [0, 0.1) is 0 Å². The summed E-state index contributed by atoms with van der Waals surface area (Å²) in [5, 5.41) is 26.4. The first kappa shape index (κ1) is 22.4. The molecular formula is C25H24N8O2S. The van der Waals surface area contributed by atoms with Gasteiger partial charge in [0.1, 0.15) is 0 Å². The number of aryl methyl sites for hydroxylation is 1. The number of hydrogen-bond acceptors (Lipinski definition) is 7. The molecule has 1 aromatic carbocycles. The molecule has 0 aliphatic carbocycles. The van der Waals surface area contributed by atoms with Crippen molar-refractivity contribution in [3.63, 3.8) is 0 Å². The average Bonchev–Trinajstić information content (AvgIpc) is 3.49. The summed E-state index contributed by atoms with van der Waals surface area (Å²) >= 11 is 1.56. The Labute approximate surface area is 211 Å². The number of rotatable bonds is 5. The summed E-state index contributed by atoms with van der Waals surface area (Å²) in [6, 6.07) is 12.3. The van der Waals surface area contributed by atoms with Crippen molar-refractivity contribution in [1.29, 1.82) is 0 Å². The Kier molecular flexibility index (Phi) is 5.68. The lowest BCUT2D eigenvalue weighted by Gasteiger charge is -2.33. The number of carboxylic acid groups (broad SMARTS) is 1. The van der Waals surface area contributed by atoms with Gasteiger partial charge in [-0.1, -0.05) is 0 Å². The van der Waals surface area contributed by atoms with Crippen LogP contribution in [-0.4, -0.2) is 59.7 Å². The maximum atomic E-state index is 10.9. The maximum Gasteiger partial charge on any atom is 0.404 e. The largest absolute Gasteiger partial charge is 0.465 e. The van der Waals surface area contributed by atoms with Gasteiger partial charge in [-0.25, -0.2) is 4.79 Å². The monoisotopic (exact) mass is 500 g/mol. The first-order valence-corrected chi connectivity index (χ1v) is 12.5. The molecule has 0 bridgehead atoms. The summed E-state index contributed by atoms with van der Waals surface area (Å²) in [6.07, 6.45) is 8.36. The molecule has 5 heterocycles. The third-order valence-corrected chi connectivity index (χ3v) is 7.39.